The summed E-state index contributed by atoms with van der Waals surface area (Å²) in [5, 5.41) is 0.931. The van der Waals surface area contributed by atoms with E-state index in [4.69, 9.17) is 5.73 Å². The van der Waals surface area contributed by atoms with Gasteiger partial charge in [-0.15, -0.1) is 12.4 Å². The second kappa shape index (κ2) is 6.02. The molecule has 0 unspecified atom stereocenters. The standard InChI is InChI=1S/C17H16N2O.ClH/c1-12-16(18)14-9-5-6-10-15(14)19(17(12)20)11-13-7-3-2-4-8-13;/h2-10H,11,18H2,1H3;1H. The fourth-order valence-electron chi connectivity index (χ4n) is 2.49. The van der Waals surface area contributed by atoms with Crippen molar-refractivity contribution in [2.24, 2.45) is 0 Å². The van der Waals surface area contributed by atoms with Crippen molar-refractivity contribution >= 4 is 29.0 Å². The first-order valence-electron chi connectivity index (χ1n) is 6.60. The first kappa shape index (κ1) is 15.1. The molecule has 0 aliphatic carbocycles. The molecule has 0 radical (unpaired) electrons. The minimum Gasteiger partial charge on any atom is -0.398 e. The molecule has 3 aromatic rings. The number of para-hydroxylation sites is 1. The van der Waals surface area contributed by atoms with Crippen LogP contribution in [0.1, 0.15) is 11.1 Å². The normalized spacial score (nSPS) is 10.3. The van der Waals surface area contributed by atoms with Crippen molar-refractivity contribution in [3.8, 4) is 0 Å². The first-order chi connectivity index (χ1) is 9.68. The van der Waals surface area contributed by atoms with Crippen molar-refractivity contribution in [3.63, 3.8) is 0 Å². The number of pyridine rings is 1. The van der Waals surface area contributed by atoms with Gasteiger partial charge in [-0.3, -0.25) is 4.79 Å². The van der Waals surface area contributed by atoms with E-state index >= 15 is 0 Å². The van der Waals surface area contributed by atoms with E-state index in [1.54, 1.807) is 11.5 Å². The molecule has 0 aliphatic rings. The van der Waals surface area contributed by atoms with E-state index in [1.165, 1.54) is 0 Å². The van der Waals surface area contributed by atoms with E-state index in [0.29, 0.717) is 17.8 Å². The van der Waals surface area contributed by atoms with Crippen molar-refractivity contribution in [2.75, 3.05) is 5.73 Å². The van der Waals surface area contributed by atoms with Crippen molar-refractivity contribution in [1.29, 1.82) is 0 Å². The Bertz CT molecular complexity index is 825. The van der Waals surface area contributed by atoms with Crippen LogP contribution in [0.15, 0.2) is 59.4 Å². The smallest absolute Gasteiger partial charge is 0.256 e. The van der Waals surface area contributed by atoms with Crippen LogP contribution in [-0.4, -0.2) is 4.57 Å². The molecule has 3 nitrogen and oxygen atoms in total. The molecule has 2 N–H and O–H groups in total. The lowest BCUT2D eigenvalue weighted by Gasteiger charge is -2.14. The van der Waals surface area contributed by atoms with Gasteiger partial charge in [0.15, 0.2) is 0 Å². The summed E-state index contributed by atoms with van der Waals surface area (Å²) < 4.78 is 1.79. The maximum atomic E-state index is 12.5. The molecule has 0 aliphatic heterocycles. The molecular formula is C17H17ClN2O. The Kier molecular flexibility index (Phi) is 4.34. The number of hydrogen-bond donors (Lipinski definition) is 1. The number of nitrogens with zero attached hydrogens (tertiary/aromatic N) is 1. The van der Waals surface area contributed by atoms with Crippen molar-refractivity contribution in [2.45, 2.75) is 13.5 Å². The minimum atomic E-state index is -0.0231. The predicted octanol–water partition coefficient (Wildman–Crippen LogP) is 3.36. The van der Waals surface area contributed by atoms with Crippen LogP contribution in [0.25, 0.3) is 10.9 Å². The monoisotopic (exact) mass is 300 g/mol. The Labute approximate surface area is 129 Å². The van der Waals surface area contributed by atoms with Gasteiger partial charge in [-0.25, -0.2) is 0 Å². The van der Waals surface area contributed by atoms with E-state index in [1.807, 2.05) is 54.6 Å². The number of anilines is 1. The zero-order valence-corrected chi connectivity index (χ0v) is 12.6. The highest BCUT2D eigenvalue weighted by atomic mass is 35.5. The third-order valence-corrected chi connectivity index (χ3v) is 3.64. The zero-order chi connectivity index (χ0) is 14.1. The lowest BCUT2D eigenvalue weighted by molar-refractivity contribution is 0.788. The molecule has 0 saturated heterocycles. The lowest BCUT2D eigenvalue weighted by atomic mass is 10.1. The Morgan fingerprint density at radius 2 is 1.62 bits per heavy atom. The summed E-state index contributed by atoms with van der Waals surface area (Å²) >= 11 is 0. The number of halogens is 1. The molecule has 3 rings (SSSR count). The first-order valence-corrected chi connectivity index (χ1v) is 6.60. The molecule has 1 heterocycles. The number of rotatable bonds is 2. The quantitative estimate of drug-likeness (QED) is 0.789. The summed E-state index contributed by atoms with van der Waals surface area (Å²) in [5.41, 5.74) is 9.21. The summed E-state index contributed by atoms with van der Waals surface area (Å²) in [6.07, 6.45) is 0. The van der Waals surface area contributed by atoms with Crippen molar-refractivity contribution in [1.82, 2.24) is 4.57 Å². The van der Waals surface area contributed by atoms with Crippen molar-refractivity contribution < 1.29 is 0 Å². The van der Waals surface area contributed by atoms with E-state index in [9.17, 15) is 4.79 Å². The maximum Gasteiger partial charge on any atom is 0.256 e. The Balaban J connectivity index is 0.00000161. The third kappa shape index (κ3) is 2.65. The lowest BCUT2D eigenvalue weighted by Crippen LogP contribution is -2.24. The number of nitrogens with two attached hydrogens (primary N) is 1. The highest BCUT2D eigenvalue weighted by Crippen LogP contribution is 2.22. The molecule has 108 valence electrons. The van der Waals surface area contributed by atoms with Gasteiger partial charge in [-0.1, -0.05) is 48.5 Å². The largest absolute Gasteiger partial charge is 0.398 e. The topological polar surface area (TPSA) is 48.0 Å². The van der Waals surface area contributed by atoms with Gasteiger partial charge in [-0.2, -0.15) is 0 Å². The van der Waals surface area contributed by atoms with Crippen LogP contribution in [0.2, 0.25) is 0 Å². The van der Waals surface area contributed by atoms with Crippen LogP contribution in [0, 0.1) is 6.92 Å². The Hall–Kier alpha value is -2.26. The SMILES string of the molecule is Cc1c(N)c2ccccc2n(Cc2ccccc2)c1=O.Cl. The van der Waals surface area contributed by atoms with Crippen LogP contribution in [0.4, 0.5) is 5.69 Å². The van der Waals surface area contributed by atoms with Crippen LogP contribution in [-0.2, 0) is 6.54 Å². The maximum absolute atomic E-state index is 12.5. The van der Waals surface area contributed by atoms with Gasteiger partial charge in [0.2, 0.25) is 0 Å². The van der Waals surface area contributed by atoms with E-state index in [0.717, 1.165) is 16.5 Å². The summed E-state index contributed by atoms with van der Waals surface area (Å²) in [7, 11) is 0. The van der Waals surface area contributed by atoms with Gasteiger partial charge in [0.25, 0.3) is 5.56 Å². The number of fused-ring (bicyclic) bond motifs is 1. The van der Waals surface area contributed by atoms with E-state index in [-0.39, 0.29) is 18.0 Å². The Morgan fingerprint density at radius 1 is 1.00 bits per heavy atom. The number of nitrogen functional groups attached to an aromatic ring is 1. The molecule has 0 spiro atoms. The number of aromatic nitrogens is 1. The van der Waals surface area contributed by atoms with Crippen molar-refractivity contribution in [3.05, 3.63) is 76.1 Å². The summed E-state index contributed by atoms with van der Waals surface area (Å²) in [6.45, 7) is 2.34. The fraction of sp³-hybridized carbons (Fsp3) is 0.118. The van der Waals surface area contributed by atoms with Gasteiger partial charge >= 0.3 is 0 Å². The number of hydrogen-bond acceptors (Lipinski definition) is 2. The molecule has 1 aromatic heterocycles. The molecule has 2 aromatic carbocycles. The molecule has 4 heteroatoms. The van der Waals surface area contributed by atoms with E-state index < -0.39 is 0 Å². The molecular weight excluding hydrogens is 284 g/mol. The van der Waals surface area contributed by atoms with Gasteiger partial charge in [-0.05, 0) is 18.6 Å². The second-order valence-corrected chi connectivity index (χ2v) is 4.93. The van der Waals surface area contributed by atoms with Gasteiger partial charge < -0.3 is 10.3 Å². The van der Waals surface area contributed by atoms with Crippen LogP contribution >= 0.6 is 12.4 Å². The Morgan fingerprint density at radius 3 is 2.33 bits per heavy atom. The summed E-state index contributed by atoms with van der Waals surface area (Å²) in [5.74, 6) is 0. The average Bonchev–Trinajstić information content (AvgIpc) is 2.50. The third-order valence-electron chi connectivity index (χ3n) is 3.64. The second-order valence-electron chi connectivity index (χ2n) is 4.93. The molecule has 21 heavy (non-hydrogen) atoms. The minimum absolute atomic E-state index is 0. The van der Waals surface area contributed by atoms with Gasteiger partial charge in [0, 0.05) is 16.6 Å². The molecule has 0 bridgehead atoms. The van der Waals surface area contributed by atoms with E-state index in [2.05, 4.69) is 0 Å². The summed E-state index contributed by atoms with van der Waals surface area (Å²) in [6, 6.07) is 17.7. The summed E-state index contributed by atoms with van der Waals surface area (Å²) in [4.78, 5) is 12.5. The van der Waals surface area contributed by atoms with Gasteiger partial charge in [0.05, 0.1) is 12.1 Å². The highest BCUT2D eigenvalue weighted by molar-refractivity contribution is 5.91. The molecule has 0 saturated carbocycles. The fourth-order valence-corrected chi connectivity index (χ4v) is 2.49. The molecule has 0 fully saturated rings. The molecule has 0 amide bonds. The van der Waals surface area contributed by atoms with Crippen LogP contribution in [0.5, 0.6) is 0 Å². The average molecular weight is 301 g/mol. The highest BCUT2D eigenvalue weighted by Gasteiger charge is 2.11. The van der Waals surface area contributed by atoms with Gasteiger partial charge in [0.1, 0.15) is 0 Å². The van der Waals surface area contributed by atoms with Crippen LogP contribution in [0.3, 0.4) is 0 Å². The predicted molar refractivity (Wildman–Crippen MR) is 90.1 cm³/mol. The van der Waals surface area contributed by atoms with Crippen LogP contribution < -0.4 is 11.3 Å². The molecule has 0 atom stereocenters. The zero-order valence-electron chi connectivity index (χ0n) is 11.7. The number of benzene rings is 2.